The topological polar surface area (TPSA) is 99.5 Å². The van der Waals surface area contributed by atoms with Gasteiger partial charge in [-0.05, 0) is 48.2 Å². The standard InChI is InChI=1S/C23H20ClFN4O3/c1-13-2-3-15(10-17(13)24)19-11-21-26-20(12-29(21)23(32)28-19)22(31)27-18(8-9-30)14-4-6-16(25)7-5-14/h2-7,10-12,18,30H,8-9H2,1H3,(H,27,31)(H,28,32). The molecule has 0 aliphatic rings. The Morgan fingerprint density at radius 2 is 2.00 bits per heavy atom. The Morgan fingerprint density at radius 1 is 1.25 bits per heavy atom. The van der Waals surface area contributed by atoms with Crippen LogP contribution in [0.15, 0.2) is 59.5 Å². The number of nitrogens with one attached hydrogen (secondary N) is 2. The maximum Gasteiger partial charge on any atom is 0.331 e. The summed E-state index contributed by atoms with van der Waals surface area (Å²) in [6, 6.07) is 12.2. The van der Waals surface area contributed by atoms with Crippen molar-refractivity contribution in [3.63, 3.8) is 0 Å². The van der Waals surface area contributed by atoms with Crippen molar-refractivity contribution in [1.82, 2.24) is 19.7 Å². The molecule has 3 N–H and O–H groups in total. The number of aryl methyl sites for hydroxylation is 1. The van der Waals surface area contributed by atoms with Gasteiger partial charge in [0, 0.05) is 23.9 Å². The number of aromatic amines is 1. The van der Waals surface area contributed by atoms with E-state index >= 15 is 0 Å². The number of aliphatic hydroxyl groups excluding tert-OH is 1. The van der Waals surface area contributed by atoms with Gasteiger partial charge in [0.1, 0.15) is 17.2 Å². The number of H-pyrrole nitrogens is 1. The number of rotatable bonds is 6. The molecule has 1 amide bonds. The first-order valence-electron chi connectivity index (χ1n) is 9.92. The summed E-state index contributed by atoms with van der Waals surface area (Å²) in [5.41, 5.74) is 2.68. The molecule has 7 nitrogen and oxygen atoms in total. The van der Waals surface area contributed by atoms with E-state index in [0.29, 0.717) is 27.5 Å². The number of amides is 1. The zero-order chi connectivity index (χ0) is 22.8. The Balaban J connectivity index is 1.64. The highest BCUT2D eigenvalue weighted by Crippen LogP contribution is 2.24. The van der Waals surface area contributed by atoms with Gasteiger partial charge in [-0.1, -0.05) is 35.9 Å². The van der Waals surface area contributed by atoms with E-state index in [9.17, 15) is 19.1 Å². The number of hydrogen-bond donors (Lipinski definition) is 3. The van der Waals surface area contributed by atoms with Gasteiger partial charge in [-0.3, -0.25) is 9.20 Å². The third kappa shape index (κ3) is 4.42. The van der Waals surface area contributed by atoms with Crippen molar-refractivity contribution < 1.29 is 14.3 Å². The third-order valence-corrected chi connectivity index (χ3v) is 5.59. The summed E-state index contributed by atoms with van der Waals surface area (Å²) < 4.78 is 14.5. The number of benzene rings is 2. The third-order valence-electron chi connectivity index (χ3n) is 5.18. The molecule has 4 aromatic rings. The minimum absolute atomic E-state index is 0.0413. The fraction of sp³-hybridized carbons (Fsp3) is 0.174. The van der Waals surface area contributed by atoms with Crippen LogP contribution < -0.4 is 11.0 Å². The summed E-state index contributed by atoms with van der Waals surface area (Å²) in [5.74, 6) is -0.913. The van der Waals surface area contributed by atoms with Gasteiger partial charge in [-0.25, -0.2) is 14.2 Å². The highest BCUT2D eigenvalue weighted by atomic mass is 35.5. The molecular weight excluding hydrogens is 435 g/mol. The van der Waals surface area contributed by atoms with E-state index in [1.54, 1.807) is 24.3 Å². The molecule has 0 spiro atoms. The highest BCUT2D eigenvalue weighted by Gasteiger charge is 2.19. The second-order valence-corrected chi connectivity index (χ2v) is 7.80. The number of halogens is 2. The van der Waals surface area contributed by atoms with Gasteiger partial charge < -0.3 is 15.4 Å². The smallest absolute Gasteiger partial charge is 0.331 e. The van der Waals surface area contributed by atoms with Crippen LogP contribution in [0.2, 0.25) is 5.02 Å². The van der Waals surface area contributed by atoms with Gasteiger partial charge in [-0.15, -0.1) is 0 Å². The minimum atomic E-state index is -0.540. The van der Waals surface area contributed by atoms with Crippen molar-refractivity contribution in [1.29, 1.82) is 0 Å². The normalized spacial score (nSPS) is 12.1. The Kier molecular flexibility index (Phi) is 6.07. The lowest BCUT2D eigenvalue weighted by molar-refractivity contribution is 0.0925. The molecule has 2 aromatic heterocycles. The van der Waals surface area contributed by atoms with E-state index in [4.69, 9.17) is 11.6 Å². The van der Waals surface area contributed by atoms with Crippen molar-refractivity contribution >= 4 is 23.2 Å². The number of nitrogens with zero attached hydrogens (tertiary/aromatic N) is 2. The SMILES string of the molecule is Cc1ccc(-c2cc3nc(C(=O)NC(CCO)c4ccc(F)cc4)cn3c(=O)[nH]2)cc1Cl. The lowest BCUT2D eigenvalue weighted by atomic mass is 10.0. The van der Waals surface area contributed by atoms with Crippen LogP contribution in [-0.4, -0.2) is 32.0 Å². The quantitative estimate of drug-likeness (QED) is 0.414. The van der Waals surface area contributed by atoms with Crippen LogP contribution >= 0.6 is 11.6 Å². The Bertz CT molecular complexity index is 1350. The highest BCUT2D eigenvalue weighted by molar-refractivity contribution is 6.31. The molecule has 1 atom stereocenters. The molecule has 2 aromatic carbocycles. The predicted octanol–water partition coefficient (Wildman–Crippen LogP) is 3.64. The zero-order valence-electron chi connectivity index (χ0n) is 17.1. The van der Waals surface area contributed by atoms with Crippen LogP contribution in [0.3, 0.4) is 0 Å². The predicted molar refractivity (Wildman–Crippen MR) is 119 cm³/mol. The minimum Gasteiger partial charge on any atom is -0.396 e. The van der Waals surface area contributed by atoms with Crippen LogP contribution in [0, 0.1) is 12.7 Å². The molecule has 4 rings (SSSR count). The molecule has 0 aliphatic carbocycles. The lowest BCUT2D eigenvalue weighted by Gasteiger charge is -2.17. The Morgan fingerprint density at radius 3 is 2.69 bits per heavy atom. The average molecular weight is 455 g/mol. The van der Waals surface area contributed by atoms with Crippen LogP contribution in [0.4, 0.5) is 4.39 Å². The summed E-state index contributed by atoms with van der Waals surface area (Å²) in [7, 11) is 0. The van der Waals surface area contributed by atoms with Gasteiger partial charge in [0.25, 0.3) is 5.91 Å². The van der Waals surface area contributed by atoms with Crippen molar-refractivity contribution in [2.75, 3.05) is 6.61 Å². The number of carbonyl (C=O) groups excluding carboxylic acids is 1. The Hall–Kier alpha value is -3.49. The molecule has 9 heteroatoms. The summed E-state index contributed by atoms with van der Waals surface area (Å²) >= 11 is 6.20. The molecule has 1 unspecified atom stereocenters. The fourth-order valence-electron chi connectivity index (χ4n) is 3.40. The monoisotopic (exact) mass is 454 g/mol. The summed E-state index contributed by atoms with van der Waals surface area (Å²) in [6.45, 7) is 1.71. The van der Waals surface area contributed by atoms with Crippen molar-refractivity contribution in [2.24, 2.45) is 0 Å². The van der Waals surface area contributed by atoms with Gasteiger partial charge >= 0.3 is 5.69 Å². The number of aliphatic hydroxyl groups is 1. The molecule has 0 aliphatic heterocycles. The Labute approximate surface area is 187 Å². The van der Waals surface area contributed by atoms with Crippen LogP contribution in [0.1, 0.15) is 34.1 Å². The van der Waals surface area contributed by atoms with Crippen LogP contribution in [-0.2, 0) is 0 Å². The number of hydrogen-bond acceptors (Lipinski definition) is 4. The second-order valence-electron chi connectivity index (χ2n) is 7.40. The van der Waals surface area contributed by atoms with Gasteiger partial charge in [0.05, 0.1) is 11.7 Å². The van der Waals surface area contributed by atoms with E-state index in [0.717, 1.165) is 5.56 Å². The molecule has 32 heavy (non-hydrogen) atoms. The molecule has 164 valence electrons. The van der Waals surface area contributed by atoms with E-state index in [2.05, 4.69) is 15.3 Å². The molecule has 0 fully saturated rings. The molecule has 0 radical (unpaired) electrons. The van der Waals surface area contributed by atoms with E-state index in [1.807, 2.05) is 19.1 Å². The van der Waals surface area contributed by atoms with E-state index in [1.165, 1.54) is 22.7 Å². The first-order valence-corrected chi connectivity index (χ1v) is 10.3. The van der Waals surface area contributed by atoms with Crippen molar-refractivity contribution in [2.45, 2.75) is 19.4 Å². The number of carbonyl (C=O) groups is 1. The van der Waals surface area contributed by atoms with E-state index in [-0.39, 0.29) is 18.7 Å². The summed E-state index contributed by atoms with van der Waals surface area (Å²) in [4.78, 5) is 32.5. The fourth-order valence-corrected chi connectivity index (χ4v) is 3.58. The van der Waals surface area contributed by atoms with E-state index < -0.39 is 23.5 Å². The summed E-state index contributed by atoms with van der Waals surface area (Å²) in [5, 5.41) is 12.7. The van der Waals surface area contributed by atoms with Gasteiger partial charge in [-0.2, -0.15) is 0 Å². The van der Waals surface area contributed by atoms with Crippen LogP contribution in [0.25, 0.3) is 16.9 Å². The van der Waals surface area contributed by atoms with Crippen molar-refractivity contribution in [3.05, 3.63) is 92.9 Å². The molecule has 0 saturated carbocycles. The number of imidazole rings is 1. The summed E-state index contributed by atoms with van der Waals surface area (Å²) in [6.07, 6.45) is 1.58. The second kappa shape index (κ2) is 8.94. The number of fused-ring (bicyclic) bond motifs is 1. The first kappa shape index (κ1) is 21.7. The maximum atomic E-state index is 13.2. The number of aromatic nitrogens is 3. The van der Waals surface area contributed by atoms with Gasteiger partial charge in [0.2, 0.25) is 0 Å². The average Bonchev–Trinajstić information content (AvgIpc) is 3.21. The molecule has 2 heterocycles. The largest absolute Gasteiger partial charge is 0.396 e. The van der Waals surface area contributed by atoms with Crippen molar-refractivity contribution in [3.8, 4) is 11.3 Å². The molecule has 0 bridgehead atoms. The molecule has 0 saturated heterocycles. The molecular formula is C23H20ClFN4O3. The van der Waals surface area contributed by atoms with Gasteiger partial charge in [0.15, 0.2) is 0 Å². The lowest BCUT2D eigenvalue weighted by Crippen LogP contribution is -2.29. The van der Waals surface area contributed by atoms with Crippen LogP contribution in [0.5, 0.6) is 0 Å². The zero-order valence-corrected chi connectivity index (χ0v) is 17.9. The maximum absolute atomic E-state index is 13.2. The first-order chi connectivity index (χ1) is 15.4.